The van der Waals surface area contributed by atoms with Crippen LogP contribution in [0.3, 0.4) is 0 Å². The molecular weight excluding hydrogens is 534 g/mol. The van der Waals surface area contributed by atoms with Crippen LogP contribution in [0.4, 0.5) is 0 Å². The summed E-state index contributed by atoms with van der Waals surface area (Å²) in [5.74, 6) is 2.37. The van der Waals surface area contributed by atoms with Crippen LogP contribution in [0, 0.1) is 5.92 Å². The van der Waals surface area contributed by atoms with Gasteiger partial charge >= 0.3 is 0 Å². The number of aromatic nitrogens is 1. The zero-order chi connectivity index (χ0) is 29.4. The second kappa shape index (κ2) is 9.49. The number of allylic oxidation sites excluding steroid dienone is 4. The van der Waals surface area contributed by atoms with E-state index in [0.717, 1.165) is 23.7 Å². The minimum atomic E-state index is -0.177. The van der Waals surface area contributed by atoms with Crippen LogP contribution in [0.25, 0.3) is 32.6 Å². The highest BCUT2D eigenvalue weighted by Gasteiger charge is 2.51. The molecule has 9 rings (SSSR count). The fourth-order valence-electron chi connectivity index (χ4n) is 7.95. The molecule has 3 heteroatoms. The quantitative estimate of drug-likeness (QED) is 0.199. The molecule has 6 aromatic rings. The summed E-state index contributed by atoms with van der Waals surface area (Å²) in [4.78, 5) is 11.0. The van der Waals surface area contributed by atoms with Crippen molar-refractivity contribution in [3.63, 3.8) is 0 Å². The van der Waals surface area contributed by atoms with Gasteiger partial charge < -0.3 is 0 Å². The molecule has 1 aliphatic heterocycles. The summed E-state index contributed by atoms with van der Waals surface area (Å²) in [5.41, 5.74) is 7.36. The monoisotopic (exact) mass is 567 g/mol. The highest BCUT2D eigenvalue weighted by Crippen LogP contribution is 2.54. The Bertz CT molecular complexity index is 2240. The lowest BCUT2D eigenvalue weighted by Crippen LogP contribution is -2.39. The predicted molar refractivity (Wildman–Crippen MR) is 184 cm³/mol. The van der Waals surface area contributed by atoms with E-state index in [2.05, 4.69) is 152 Å². The molecule has 3 unspecified atom stereocenters. The van der Waals surface area contributed by atoms with Crippen LogP contribution in [-0.2, 0) is 5.41 Å². The van der Waals surface area contributed by atoms with E-state index in [9.17, 15) is 0 Å². The number of hydrogen-bond acceptors (Lipinski definition) is 2. The third-order valence-corrected chi connectivity index (χ3v) is 10.2. The molecule has 0 bridgehead atoms. The first kappa shape index (κ1) is 25.5. The molecule has 3 nitrogen and oxygen atoms in total. The maximum Gasteiger partial charge on any atom is 0.157 e. The average Bonchev–Trinajstić information content (AvgIpc) is 3.51. The smallest absolute Gasteiger partial charge is 0.157 e. The number of fused-ring (bicyclic) bond motifs is 7. The summed E-state index contributed by atoms with van der Waals surface area (Å²) in [6.45, 7) is 4.80. The molecule has 44 heavy (non-hydrogen) atoms. The van der Waals surface area contributed by atoms with E-state index in [4.69, 9.17) is 9.98 Å². The first-order valence-corrected chi connectivity index (χ1v) is 15.7. The lowest BCUT2D eigenvalue weighted by atomic mass is 9.75. The molecule has 0 saturated carbocycles. The maximum absolute atomic E-state index is 5.52. The molecule has 0 N–H and O–H groups in total. The lowest BCUT2D eigenvalue weighted by molar-refractivity contribution is 0.390. The zero-order valence-corrected chi connectivity index (χ0v) is 25.0. The van der Waals surface area contributed by atoms with Crippen molar-refractivity contribution < 1.29 is 0 Å². The second-order valence-corrected chi connectivity index (χ2v) is 13.0. The Morgan fingerprint density at radius 1 is 0.727 bits per heavy atom. The molecule has 212 valence electrons. The fourth-order valence-corrected chi connectivity index (χ4v) is 7.95. The van der Waals surface area contributed by atoms with E-state index in [0.29, 0.717) is 5.92 Å². The Morgan fingerprint density at radius 3 is 2.32 bits per heavy atom. The van der Waals surface area contributed by atoms with Crippen LogP contribution in [0.2, 0.25) is 0 Å². The van der Waals surface area contributed by atoms with Gasteiger partial charge in [-0.05, 0) is 52.1 Å². The van der Waals surface area contributed by atoms with Crippen molar-refractivity contribution in [1.29, 1.82) is 0 Å². The molecule has 2 aliphatic carbocycles. The summed E-state index contributed by atoms with van der Waals surface area (Å²) in [7, 11) is 0. The normalized spacial score (nSPS) is 21.8. The minimum absolute atomic E-state index is 0.0183. The molecule has 5 aromatic carbocycles. The molecule has 0 saturated heterocycles. The van der Waals surface area contributed by atoms with Crippen molar-refractivity contribution in [3.8, 4) is 0 Å². The molecule has 2 heterocycles. The molecule has 3 atom stereocenters. The van der Waals surface area contributed by atoms with Gasteiger partial charge in [-0.25, -0.2) is 4.99 Å². The van der Waals surface area contributed by atoms with Gasteiger partial charge in [0.2, 0.25) is 0 Å². The first-order valence-electron chi connectivity index (χ1n) is 15.7. The van der Waals surface area contributed by atoms with Crippen LogP contribution in [-0.4, -0.2) is 16.2 Å². The van der Waals surface area contributed by atoms with E-state index in [-0.39, 0.29) is 17.4 Å². The Labute approximate surface area is 257 Å². The Hall–Kier alpha value is -5.02. The Kier molecular flexibility index (Phi) is 5.49. The predicted octanol–water partition coefficient (Wildman–Crippen LogP) is 9.90. The second-order valence-electron chi connectivity index (χ2n) is 13.0. The number of nitrogens with zero attached hydrogens (tertiary/aromatic N) is 3. The highest BCUT2D eigenvalue weighted by molar-refractivity contribution is 6.20. The topological polar surface area (TPSA) is 29.6 Å². The van der Waals surface area contributed by atoms with Crippen molar-refractivity contribution in [1.82, 2.24) is 4.57 Å². The zero-order valence-electron chi connectivity index (χ0n) is 25.0. The van der Waals surface area contributed by atoms with Crippen LogP contribution >= 0.6 is 0 Å². The van der Waals surface area contributed by atoms with Crippen molar-refractivity contribution >= 4 is 44.2 Å². The third-order valence-electron chi connectivity index (χ3n) is 10.2. The Balaban J connectivity index is 1.32. The van der Waals surface area contributed by atoms with Crippen LogP contribution in [0.5, 0.6) is 0 Å². The maximum atomic E-state index is 5.52. The summed E-state index contributed by atoms with van der Waals surface area (Å²) in [5, 5.41) is 5.01. The van der Waals surface area contributed by atoms with Crippen molar-refractivity contribution in [2.24, 2.45) is 15.9 Å². The number of para-hydroxylation sites is 1. The largest absolute Gasteiger partial charge is 0.297 e. The lowest BCUT2D eigenvalue weighted by Gasteiger charge is -2.35. The number of hydrogen-bond donors (Lipinski definition) is 0. The number of aliphatic imine (C=N–C) groups is 2. The van der Waals surface area contributed by atoms with Crippen LogP contribution in [0.15, 0.2) is 143 Å². The van der Waals surface area contributed by atoms with E-state index in [1.165, 1.54) is 49.3 Å². The van der Waals surface area contributed by atoms with Gasteiger partial charge in [0.05, 0.1) is 23.0 Å². The van der Waals surface area contributed by atoms with E-state index in [1.54, 1.807) is 0 Å². The van der Waals surface area contributed by atoms with Crippen molar-refractivity contribution in [3.05, 3.63) is 156 Å². The molecule has 0 spiro atoms. The summed E-state index contributed by atoms with van der Waals surface area (Å²) < 4.78 is 2.45. The molecule has 3 aliphatic rings. The van der Waals surface area contributed by atoms with Crippen molar-refractivity contribution in [2.75, 3.05) is 0 Å². The molecule has 0 fully saturated rings. The third kappa shape index (κ3) is 3.68. The number of rotatable bonds is 2. The minimum Gasteiger partial charge on any atom is -0.297 e. The summed E-state index contributed by atoms with van der Waals surface area (Å²) >= 11 is 0. The van der Waals surface area contributed by atoms with Gasteiger partial charge in [-0.15, -0.1) is 0 Å². The van der Waals surface area contributed by atoms with Gasteiger partial charge in [-0.3, -0.25) is 9.56 Å². The van der Waals surface area contributed by atoms with Gasteiger partial charge in [-0.1, -0.05) is 129 Å². The number of amidine groups is 1. The Morgan fingerprint density at radius 2 is 1.50 bits per heavy atom. The average molecular weight is 568 g/mol. The van der Waals surface area contributed by atoms with E-state index in [1.807, 2.05) is 0 Å². The van der Waals surface area contributed by atoms with Gasteiger partial charge in [0.1, 0.15) is 5.84 Å². The van der Waals surface area contributed by atoms with Gasteiger partial charge in [0, 0.05) is 27.7 Å². The molecular formula is C41H33N3. The fraction of sp³-hybridized carbons (Fsp3) is 0.171. The van der Waals surface area contributed by atoms with Gasteiger partial charge in [0.25, 0.3) is 0 Å². The van der Waals surface area contributed by atoms with Crippen LogP contribution in [0.1, 0.15) is 54.5 Å². The SMILES string of the molecule is CC1(C)c2cc(C3C=CC=CC3)ccc2C2N=C(c3ccccc3)N=C(n3c4ccccc4c4cc5ccccc5cc43)C21. The van der Waals surface area contributed by atoms with Crippen molar-refractivity contribution in [2.45, 2.75) is 37.6 Å². The standard InChI is InChI=1S/C41H33N3/c1-41(2)34-24-30(26-13-5-3-6-14-26)21-22-32(34)38-37(41)40(43-39(42-38)27-15-7-4-8-16-27)44-35-20-12-11-19-31(35)33-23-28-17-9-10-18-29(28)25-36(33)44/h3-13,15-26,37-38H,14H2,1-2H3. The van der Waals surface area contributed by atoms with Gasteiger partial charge in [-0.2, -0.15) is 0 Å². The van der Waals surface area contributed by atoms with Crippen LogP contribution < -0.4 is 0 Å². The molecule has 1 aromatic heterocycles. The molecule has 0 amide bonds. The summed E-state index contributed by atoms with van der Waals surface area (Å²) in [6, 6.07) is 39.8. The summed E-state index contributed by atoms with van der Waals surface area (Å²) in [6.07, 6.45) is 9.98. The first-order chi connectivity index (χ1) is 21.6. The van der Waals surface area contributed by atoms with E-state index >= 15 is 0 Å². The highest BCUT2D eigenvalue weighted by atomic mass is 15.1. The van der Waals surface area contributed by atoms with E-state index < -0.39 is 0 Å². The molecule has 0 radical (unpaired) electrons. The number of benzene rings is 5. The van der Waals surface area contributed by atoms with Gasteiger partial charge in [0.15, 0.2) is 5.84 Å².